The number of piperidine rings is 1. The van der Waals surface area contributed by atoms with Crippen LogP contribution in [0.25, 0.3) is 0 Å². The second kappa shape index (κ2) is 6.91. The molecule has 2 nitrogen and oxygen atoms in total. The maximum Gasteiger partial charge on any atom is 0.308 e. The first-order chi connectivity index (χ1) is 7.72. The molecule has 0 aromatic rings. The standard InChI is InChI=1S/C14H27N2/c1-3-4-5-6-7-10-16(13-15)11-8-14(2)9-12-16/h14H,3-12H2,1-2H3/q+1. The number of nitrogens with zero attached hydrogens (tertiary/aromatic N) is 2. The van der Waals surface area contributed by atoms with E-state index in [1.807, 2.05) is 0 Å². The predicted molar refractivity (Wildman–Crippen MR) is 67.6 cm³/mol. The predicted octanol–water partition coefficient (Wildman–Crippen LogP) is 3.68. The van der Waals surface area contributed by atoms with E-state index in [0.29, 0.717) is 0 Å². The van der Waals surface area contributed by atoms with E-state index in [0.717, 1.165) is 30.0 Å². The van der Waals surface area contributed by atoms with E-state index >= 15 is 0 Å². The molecule has 0 N–H and O–H groups in total. The Morgan fingerprint density at radius 1 is 1.12 bits per heavy atom. The minimum atomic E-state index is 0.733. The van der Waals surface area contributed by atoms with E-state index in [1.54, 1.807) is 0 Å². The van der Waals surface area contributed by atoms with E-state index in [1.165, 1.54) is 44.9 Å². The average molecular weight is 223 g/mol. The molecule has 0 bridgehead atoms. The van der Waals surface area contributed by atoms with E-state index in [2.05, 4.69) is 20.0 Å². The zero-order chi connectivity index (χ0) is 11.9. The Labute approximate surface area is 101 Å². The molecule has 2 heteroatoms. The number of likely N-dealkylation sites (tertiary alicyclic amines) is 1. The van der Waals surface area contributed by atoms with Crippen molar-refractivity contribution in [3.8, 4) is 6.19 Å². The molecule has 1 rings (SSSR count). The molecule has 0 amide bonds. The van der Waals surface area contributed by atoms with Gasteiger partial charge in [-0.3, -0.25) is 0 Å². The lowest BCUT2D eigenvalue weighted by Crippen LogP contribution is -2.49. The van der Waals surface area contributed by atoms with Crippen LogP contribution in [0, 0.1) is 17.4 Å². The molecule has 1 heterocycles. The van der Waals surface area contributed by atoms with Crippen LogP contribution in [0.4, 0.5) is 0 Å². The van der Waals surface area contributed by atoms with Crippen molar-refractivity contribution in [3.05, 3.63) is 0 Å². The van der Waals surface area contributed by atoms with E-state index < -0.39 is 0 Å². The minimum Gasteiger partial charge on any atom is -0.224 e. The smallest absolute Gasteiger partial charge is 0.224 e. The van der Waals surface area contributed by atoms with Crippen LogP contribution < -0.4 is 0 Å². The van der Waals surface area contributed by atoms with Gasteiger partial charge in [-0.1, -0.05) is 33.1 Å². The van der Waals surface area contributed by atoms with Crippen molar-refractivity contribution in [2.75, 3.05) is 19.6 Å². The fraction of sp³-hybridized carbons (Fsp3) is 0.929. The van der Waals surface area contributed by atoms with Gasteiger partial charge in [0.2, 0.25) is 0 Å². The molecule has 0 radical (unpaired) electrons. The Morgan fingerprint density at radius 2 is 1.75 bits per heavy atom. The van der Waals surface area contributed by atoms with Crippen LogP contribution in [0.2, 0.25) is 0 Å². The maximum absolute atomic E-state index is 9.35. The number of quaternary nitrogens is 1. The summed E-state index contributed by atoms with van der Waals surface area (Å²) in [6.45, 7) is 7.83. The zero-order valence-electron chi connectivity index (χ0n) is 11.0. The highest BCUT2D eigenvalue weighted by Gasteiger charge is 2.32. The van der Waals surface area contributed by atoms with Crippen molar-refractivity contribution in [2.45, 2.75) is 58.8 Å². The van der Waals surface area contributed by atoms with Crippen molar-refractivity contribution < 1.29 is 4.48 Å². The van der Waals surface area contributed by atoms with Crippen molar-refractivity contribution in [1.29, 1.82) is 5.26 Å². The number of nitriles is 1. The van der Waals surface area contributed by atoms with Crippen LogP contribution in [0.1, 0.15) is 58.8 Å². The number of unbranched alkanes of at least 4 members (excludes halogenated alkanes) is 4. The van der Waals surface area contributed by atoms with Gasteiger partial charge in [-0.2, -0.15) is 0 Å². The molecule has 0 aliphatic carbocycles. The van der Waals surface area contributed by atoms with Gasteiger partial charge in [-0.25, -0.2) is 4.48 Å². The van der Waals surface area contributed by atoms with E-state index in [4.69, 9.17) is 0 Å². The second-order valence-electron chi connectivity index (χ2n) is 5.51. The molecule has 0 aromatic heterocycles. The van der Waals surface area contributed by atoms with Gasteiger partial charge in [-0.15, -0.1) is 5.26 Å². The van der Waals surface area contributed by atoms with Gasteiger partial charge >= 0.3 is 6.19 Å². The molecular weight excluding hydrogens is 196 g/mol. The highest BCUT2D eigenvalue weighted by molar-refractivity contribution is 4.68. The Bertz CT molecular complexity index is 221. The topological polar surface area (TPSA) is 23.8 Å². The molecule has 1 saturated heterocycles. The molecule has 0 atom stereocenters. The largest absolute Gasteiger partial charge is 0.308 e. The third kappa shape index (κ3) is 4.14. The number of hydrogen-bond acceptors (Lipinski definition) is 1. The first-order valence-electron chi connectivity index (χ1n) is 7.00. The normalized spacial score (nSPS) is 29.9. The molecule has 1 fully saturated rings. The van der Waals surface area contributed by atoms with Crippen LogP contribution in [-0.4, -0.2) is 24.1 Å². The van der Waals surface area contributed by atoms with Crippen LogP contribution in [0.3, 0.4) is 0 Å². The van der Waals surface area contributed by atoms with Crippen LogP contribution >= 0.6 is 0 Å². The van der Waals surface area contributed by atoms with Crippen LogP contribution in [0.15, 0.2) is 0 Å². The third-order valence-corrected chi connectivity index (χ3v) is 4.00. The highest BCUT2D eigenvalue weighted by atomic mass is 15.3. The molecule has 0 unspecified atom stereocenters. The molecule has 92 valence electrons. The summed E-state index contributed by atoms with van der Waals surface area (Å²) in [6.07, 6.45) is 11.6. The van der Waals surface area contributed by atoms with Gasteiger partial charge in [0.15, 0.2) is 0 Å². The molecule has 1 aliphatic rings. The molecule has 0 saturated carbocycles. The van der Waals surface area contributed by atoms with Crippen molar-refractivity contribution in [3.63, 3.8) is 0 Å². The molecule has 16 heavy (non-hydrogen) atoms. The number of hydrogen-bond donors (Lipinski definition) is 0. The summed E-state index contributed by atoms with van der Waals surface area (Å²) in [4.78, 5) is 0. The zero-order valence-corrected chi connectivity index (χ0v) is 11.0. The Kier molecular flexibility index (Phi) is 5.84. The fourth-order valence-electron chi connectivity index (χ4n) is 2.58. The van der Waals surface area contributed by atoms with Crippen LogP contribution in [-0.2, 0) is 0 Å². The first-order valence-corrected chi connectivity index (χ1v) is 7.00. The first kappa shape index (κ1) is 13.5. The monoisotopic (exact) mass is 223 g/mol. The van der Waals surface area contributed by atoms with E-state index in [9.17, 15) is 5.26 Å². The summed E-state index contributed by atoms with van der Waals surface area (Å²) in [5.41, 5.74) is 0. The Morgan fingerprint density at radius 3 is 2.31 bits per heavy atom. The van der Waals surface area contributed by atoms with Gasteiger partial charge in [0.05, 0.1) is 19.6 Å². The third-order valence-electron chi connectivity index (χ3n) is 4.00. The van der Waals surface area contributed by atoms with Gasteiger partial charge in [0, 0.05) is 12.8 Å². The summed E-state index contributed by atoms with van der Waals surface area (Å²) in [7, 11) is 0. The molecule has 0 spiro atoms. The summed E-state index contributed by atoms with van der Waals surface area (Å²) < 4.78 is 0.733. The second-order valence-corrected chi connectivity index (χ2v) is 5.51. The Hall–Kier alpha value is -0.550. The molecular formula is C14H27N2+. The lowest BCUT2D eigenvalue weighted by atomic mass is 9.97. The van der Waals surface area contributed by atoms with Gasteiger partial charge in [0.1, 0.15) is 0 Å². The lowest BCUT2D eigenvalue weighted by molar-refractivity contribution is -0.872. The summed E-state index contributed by atoms with van der Waals surface area (Å²) in [5, 5.41) is 9.35. The van der Waals surface area contributed by atoms with E-state index in [-0.39, 0.29) is 0 Å². The lowest BCUT2D eigenvalue weighted by Gasteiger charge is -2.35. The van der Waals surface area contributed by atoms with Gasteiger partial charge < -0.3 is 0 Å². The SMILES string of the molecule is CCCCCCC[N+]1(C#N)CCC(C)CC1. The maximum atomic E-state index is 9.35. The van der Waals surface area contributed by atoms with Gasteiger partial charge in [-0.05, 0) is 18.8 Å². The van der Waals surface area contributed by atoms with Crippen molar-refractivity contribution in [1.82, 2.24) is 0 Å². The van der Waals surface area contributed by atoms with Crippen molar-refractivity contribution in [2.24, 2.45) is 5.92 Å². The average Bonchev–Trinajstić information content (AvgIpc) is 2.32. The fourth-order valence-corrected chi connectivity index (χ4v) is 2.58. The Balaban J connectivity index is 2.24. The highest BCUT2D eigenvalue weighted by Crippen LogP contribution is 2.23. The molecule has 0 aromatic carbocycles. The number of rotatable bonds is 6. The summed E-state index contributed by atoms with van der Waals surface area (Å²) in [5.74, 6) is 0.833. The minimum absolute atomic E-state index is 0.733. The summed E-state index contributed by atoms with van der Waals surface area (Å²) in [6, 6.07) is 0. The quantitative estimate of drug-likeness (QED) is 0.383. The van der Waals surface area contributed by atoms with Gasteiger partial charge in [0.25, 0.3) is 0 Å². The van der Waals surface area contributed by atoms with Crippen molar-refractivity contribution >= 4 is 0 Å². The molecule has 1 aliphatic heterocycles. The van der Waals surface area contributed by atoms with Crippen LogP contribution in [0.5, 0.6) is 0 Å². The summed E-state index contributed by atoms with van der Waals surface area (Å²) >= 11 is 0.